The van der Waals surface area contributed by atoms with Crippen molar-refractivity contribution in [2.75, 3.05) is 19.7 Å². The largest absolute Gasteiger partial charge is 0.366 e. The second-order valence-corrected chi connectivity index (χ2v) is 3.91. The molecule has 3 N–H and O–H groups in total. The molecule has 4 nitrogen and oxygen atoms in total. The van der Waals surface area contributed by atoms with Crippen LogP contribution in [0.3, 0.4) is 0 Å². The van der Waals surface area contributed by atoms with Gasteiger partial charge >= 0.3 is 0 Å². The van der Waals surface area contributed by atoms with E-state index in [0.29, 0.717) is 13.1 Å². The molecule has 14 heavy (non-hydrogen) atoms. The molecule has 0 aromatic heterocycles. The van der Waals surface area contributed by atoms with Crippen LogP contribution in [0.5, 0.6) is 0 Å². The molecule has 82 valence electrons. The maximum Gasteiger partial charge on any atom is 0.246 e. The highest BCUT2D eigenvalue weighted by atomic mass is 16.5. The molecule has 0 saturated heterocycles. The van der Waals surface area contributed by atoms with Gasteiger partial charge in [-0.05, 0) is 20.8 Å². The molecular weight excluding hydrogens is 180 g/mol. The smallest absolute Gasteiger partial charge is 0.246 e. The monoisotopic (exact) mass is 200 g/mol. The molecule has 4 heteroatoms. The molecule has 0 aromatic carbocycles. The van der Waals surface area contributed by atoms with E-state index in [1.54, 1.807) is 6.08 Å². The van der Waals surface area contributed by atoms with E-state index >= 15 is 0 Å². The van der Waals surface area contributed by atoms with Gasteiger partial charge in [-0.2, -0.15) is 0 Å². The van der Waals surface area contributed by atoms with Crippen molar-refractivity contribution in [3.8, 4) is 0 Å². The molecule has 0 heterocycles. The van der Waals surface area contributed by atoms with E-state index in [0.717, 1.165) is 0 Å². The highest BCUT2D eigenvalue weighted by Gasteiger charge is 2.11. The van der Waals surface area contributed by atoms with Crippen LogP contribution in [0.25, 0.3) is 0 Å². The topological polar surface area (TPSA) is 64.3 Å². The molecule has 0 radical (unpaired) electrons. The van der Waals surface area contributed by atoms with Gasteiger partial charge in [0.1, 0.15) is 6.61 Å². The number of nitrogens with one attached hydrogen (secondary N) is 1. The first-order valence-corrected chi connectivity index (χ1v) is 4.71. The molecule has 0 aliphatic heterocycles. The second-order valence-electron chi connectivity index (χ2n) is 3.91. The number of rotatable bonds is 5. The van der Waals surface area contributed by atoms with Crippen molar-refractivity contribution < 1.29 is 9.53 Å². The Kier molecular flexibility index (Phi) is 6.16. The third-order valence-electron chi connectivity index (χ3n) is 1.36. The minimum absolute atomic E-state index is 0.0972. The van der Waals surface area contributed by atoms with Crippen LogP contribution in [0.15, 0.2) is 12.2 Å². The molecule has 1 amide bonds. The highest BCUT2D eigenvalue weighted by Crippen LogP contribution is 2.05. The van der Waals surface area contributed by atoms with Gasteiger partial charge in [-0.15, -0.1) is 0 Å². The van der Waals surface area contributed by atoms with E-state index in [9.17, 15) is 4.79 Å². The van der Waals surface area contributed by atoms with Crippen LogP contribution in [0.2, 0.25) is 0 Å². The lowest BCUT2D eigenvalue weighted by molar-refractivity contribution is -0.130. The Morgan fingerprint density at radius 1 is 1.43 bits per heavy atom. The Labute approximate surface area is 85.5 Å². The van der Waals surface area contributed by atoms with Gasteiger partial charge < -0.3 is 15.8 Å². The normalized spacial score (nSPS) is 12.0. The molecule has 0 aliphatic carbocycles. The summed E-state index contributed by atoms with van der Waals surface area (Å²) in [7, 11) is 0. The fraction of sp³-hybridized carbons (Fsp3) is 0.700. The third-order valence-corrected chi connectivity index (χ3v) is 1.36. The van der Waals surface area contributed by atoms with E-state index in [1.165, 1.54) is 0 Å². The predicted molar refractivity (Wildman–Crippen MR) is 56.9 cm³/mol. The van der Waals surface area contributed by atoms with E-state index < -0.39 is 0 Å². The number of hydrogen-bond donors (Lipinski definition) is 2. The Hall–Kier alpha value is -0.870. The van der Waals surface area contributed by atoms with E-state index in [2.05, 4.69) is 5.32 Å². The fourth-order valence-electron chi connectivity index (χ4n) is 0.685. The maximum atomic E-state index is 11.2. The molecule has 0 spiro atoms. The summed E-state index contributed by atoms with van der Waals surface area (Å²) in [4.78, 5) is 11.2. The summed E-state index contributed by atoms with van der Waals surface area (Å²) in [5.74, 6) is -0.110. The van der Waals surface area contributed by atoms with Crippen molar-refractivity contribution in [2.45, 2.75) is 26.4 Å². The minimum Gasteiger partial charge on any atom is -0.366 e. The van der Waals surface area contributed by atoms with Gasteiger partial charge in [0.05, 0.1) is 5.60 Å². The van der Waals surface area contributed by atoms with Crippen LogP contribution >= 0.6 is 0 Å². The zero-order chi connectivity index (χ0) is 11.0. The predicted octanol–water partition coefficient (Wildman–Crippen LogP) is 0.433. The summed E-state index contributed by atoms with van der Waals surface area (Å²) in [6.45, 7) is 6.83. The molecule has 0 bridgehead atoms. The Morgan fingerprint density at radius 3 is 2.57 bits per heavy atom. The summed E-state index contributed by atoms with van der Waals surface area (Å²) < 4.78 is 5.29. The van der Waals surface area contributed by atoms with Crippen LogP contribution < -0.4 is 11.1 Å². The summed E-state index contributed by atoms with van der Waals surface area (Å²) in [5, 5.41) is 2.68. The summed E-state index contributed by atoms with van der Waals surface area (Å²) in [6, 6.07) is 0. The van der Waals surface area contributed by atoms with E-state index in [-0.39, 0.29) is 18.1 Å². The van der Waals surface area contributed by atoms with Gasteiger partial charge in [0.25, 0.3) is 0 Å². The van der Waals surface area contributed by atoms with Crippen LogP contribution in [-0.4, -0.2) is 31.2 Å². The van der Waals surface area contributed by atoms with Gasteiger partial charge in [-0.25, -0.2) is 0 Å². The summed E-state index contributed by atoms with van der Waals surface area (Å²) in [6.07, 6.45) is 3.61. The lowest BCUT2D eigenvalue weighted by Crippen LogP contribution is -2.32. The Morgan fingerprint density at radius 2 is 2.07 bits per heavy atom. The summed E-state index contributed by atoms with van der Waals surface area (Å²) >= 11 is 0. The Bertz CT molecular complexity index is 195. The van der Waals surface area contributed by atoms with Gasteiger partial charge in [0, 0.05) is 13.1 Å². The van der Waals surface area contributed by atoms with Crippen molar-refractivity contribution in [3.63, 3.8) is 0 Å². The highest BCUT2D eigenvalue weighted by molar-refractivity contribution is 5.77. The SMILES string of the molecule is CC(C)(C)OCC(=O)NC/C=C/CN. The number of amides is 1. The third kappa shape index (κ3) is 9.22. The van der Waals surface area contributed by atoms with Crippen molar-refractivity contribution in [1.29, 1.82) is 0 Å². The van der Waals surface area contributed by atoms with Crippen LogP contribution in [0.4, 0.5) is 0 Å². The van der Waals surface area contributed by atoms with Crippen molar-refractivity contribution in [1.82, 2.24) is 5.32 Å². The number of nitrogens with two attached hydrogens (primary N) is 1. The first-order valence-electron chi connectivity index (χ1n) is 4.71. The number of ether oxygens (including phenoxy) is 1. The number of carbonyl (C=O) groups is 1. The first kappa shape index (κ1) is 13.1. The number of carbonyl (C=O) groups excluding carboxylic acids is 1. The van der Waals surface area contributed by atoms with Gasteiger partial charge in [-0.3, -0.25) is 4.79 Å². The summed E-state index contributed by atoms with van der Waals surface area (Å²) in [5.41, 5.74) is 4.96. The molecule has 0 fully saturated rings. The van der Waals surface area contributed by atoms with E-state index in [4.69, 9.17) is 10.5 Å². The first-order chi connectivity index (χ1) is 6.45. The van der Waals surface area contributed by atoms with Gasteiger partial charge in [0.15, 0.2) is 0 Å². The fourth-order valence-corrected chi connectivity index (χ4v) is 0.685. The van der Waals surface area contributed by atoms with Gasteiger partial charge in [0.2, 0.25) is 5.91 Å². The quantitative estimate of drug-likeness (QED) is 0.633. The standard InChI is InChI=1S/C10H20N2O2/c1-10(2,3)14-8-9(13)12-7-5-4-6-11/h4-5H,6-8,11H2,1-3H3,(H,12,13)/b5-4+. The van der Waals surface area contributed by atoms with Crippen LogP contribution in [0, 0.1) is 0 Å². The van der Waals surface area contributed by atoms with Crippen molar-refractivity contribution in [2.24, 2.45) is 5.73 Å². The number of hydrogen-bond acceptors (Lipinski definition) is 3. The molecule has 0 saturated carbocycles. The maximum absolute atomic E-state index is 11.2. The van der Waals surface area contributed by atoms with E-state index in [1.807, 2.05) is 26.8 Å². The van der Waals surface area contributed by atoms with Gasteiger partial charge in [-0.1, -0.05) is 12.2 Å². The lowest BCUT2D eigenvalue weighted by atomic mass is 10.2. The van der Waals surface area contributed by atoms with Crippen LogP contribution in [0.1, 0.15) is 20.8 Å². The Balaban J connectivity index is 3.52. The minimum atomic E-state index is -0.273. The zero-order valence-electron chi connectivity index (χ0n) is 9.17. The average Bonchev–Trinajstić information content (AvgIpc) is 2.08. The molecule has 0 atom stereocenters. The zero-order valence-corrected chi connectivity index (χ0v) is 9.17. The molecule has 0 aromatic rings. The molecule has 0 unspecified atom stereocenters. The van der Waals surface area contributed by atoms with Crippen LogP contribution in [-0.2, 0) is 9.53 Å². The molecular formula is C10H20N2O2. The molecule has 0 aliphatic rings. The lowest BCUT2D eigenvalue weighted by Gasteiger charge is -2.18. The van der Waals surface area contributed by atoms with Crippen molar-refractivity contribution in [3.05, 3.63) is 12.2 Å². The second kappa shape index (κ2) is 6.56. The molecule has 0 rings (SSSR count). The average molecular weight is 200 g/mol. The van der Waals surface area contributed by atoms with Crippen molar-refractivity contribution >= 4 is 5.91 Å².